The Bertz CT molecular complexity index is 180. The molecule has 0 bridgehead atoms. The van der Waals surface area contributed by atoms with E-state index in [-0.39, 0.29) is 9.76 Å². The van der Waals surface area contributed by atoms with E-state index >= 15 is 0 Å². The van der Waals surface area contributed by atoms with Gasteiger partial charge in [0.1, 0.15) is 20.2 Å². The standard InChI is InChI=1S/C20H46OSi2/c1-2-3-4-5-6-7-8-9-10-11-12-13-14-15-16-17-18-19-20-23-21-22/h2-20,23H2,1,22H3. The minimum Gasteiger partial charge on any atom is -0.468 e. The number of rotatable bonds is 20. The van der Waals surface area contributed by atoms with Crippen molar-refractivity contribution >= 4 is 20.2 Å². The second-order valence-electron chi connectivity index (χ2n) is 7.36. The van der Waals surface area contributed by atoms with E-state index in [9.17, 15) is 0 Å². The van der Waals surface area contributed by atoms with Gasteiger partial charge in [-0.15, -0.1) is 0 Å². The summed E-state index contributed by atoms with van der Waals surface area (Å²) in [6, 6.07) is 1.42. The Labute approximate surface area is 153 Å². The lowest BCUT2D eigenvalue weighted by molar-refractivity contribution is 0.526. The van der Waals surface area contributed by atoms with Crippen LogP contribution in [-0.4, -0.2) is 20.2 Å². The summed E-state index contributed by atoms with van der Waals surface area (Å²) in [6.45, 7) is 2.30. The molecule has 3 heteroatoms. The van der Waals surface area contributed by atoms with Gasteiger partial charge in [-0.2, -0.15) is 0 Å². The molecule has 0 amide bonds. The van der Waals surface area contributed by atoms with Crippen LogP contribution in [0.2, 0.25) is 6.04 Å². The van der Waals surface area contributed by atoms with Gasteiger partial charge in [0, 0.05) is 0 Å². The van der Waals surface area contributed by atoms with Crippen LogP contribution in [-0.2, 0) is 4.12 Å². The van der Waals surface area contributed by atoms with Crippen molar-refractivity contribution in [2.45, 2.75) is 129 Å². The molecule has 1 nitrogen and oxygen atoms in total. The molecule has 0 saturated carbocycles. The molecular weight excluding hydrogens is 312 g/mol. The summed E-state index contributed by atoms with van der Waals surface area (Å²) in [7, 11) is 0.888. The Hall–Kier alpha value is 0.394. The summed E-state index contributed by atoms with van der Waals surface area (Å²) in [6.07, 6.45) is 26.4. The largest absolute Gasteiger partial charge is 0.468 e. The van der Waals surface area contributed by atoms with Crippen molar-refractivity contribution in [3.63, 3.8) is 0 Å². The molecule has 0 heterocycles. The predicted octanol–water partition coefficient (Wildman–Crippen LogP) is 5.83. The highest BCUT2D eigenvalue weighted by Crippen LogP contribution is 2.14. The zero-order chi connectivity index (χ0) is 16.8. The van der Waals surface area contributed by atoms with E-state index in [1.54, 1.807) is 0 Å². The quantitative estimate of drug-likeness (QED) is 0.196. The van der Waals surface area contributed by atoms with E-state index in [0.717, 1.165) is 10.5 Å². The normalized spacial score (nSPS) is 11.9. The molecule has 23 heavy (non-hydrogen) atoms. The van der Waals surface area contributed by atoms with Crippen LogP contribution in [0.4, 0.5) is 0 Å². The van der Waals surface area contributed by atoms with E-state index in [1.165, 1.54) is 122 Å². The van der Waals surface area contributed by atoms with Crippen molar-refractivity contribution in [3.05, 3.63) is 0 Å². The summed E-state index contributed by atoms with van der Waals surface area (Å²) in [5, 5.41) is 0. The van der Waals surface area contributed by atoms with Crippen LogP contribution in [0.1, 0.15) is 122 Å². The maximum Gasteiger partial charge on any atom is 0.145 e. The Morgan fingerprint density at radius 1 is 0.522 bits per heavy atom. The van der Waals surface area contributed by atoms with Crippen molar-refractivity contribution in [1.82, 2.24) is 0 Å². The first-order valence-electron chi connectivity index (χ1n) is 10.9. The second kappa shape index (κ2) is 22.4. The molecular formula is C20H46OSi2. The molecule has 0 N–H and O–H groups in total. The smallest absolute Gasteiger partial charge is 0.145 e. The van der Waals surface area contributed by atoms with Crippen molar-refractivity contribution in [1.29, 1.82) is 0 Å². The third-order valence-electron chi connectivity index (χ3n) is 4.95. The summed E-state index contributed by atoms with van der Waals surface area (Å²) in [4.78, 5) is 0. The first kappa shape index (κ1) is 23.4. The molecule has 0 aromatic heterocycles. The van der Waals surface area contributed by atoms with E-state index in [2.05, 4.69) is 6.92 Å². The lowest BCUT2D eigenvalue weighted by Gasteiger charge is -2.04. The van der Waals surface area contributed by atoms with Crippen LogP contribution in [0.3, 0.4) is 0 Å². The average molecular weight is 359 g/mol. The lowest BCUT2D eigenvalue weighted by Crippen LogP contribution is -1.93. The van der Waals surface area contributed by atoms with Gasteiger partial charge in [-0.1, -0.05) is 122 Å². The van der Waals surface area contributed by atoms with Gasteiger partial charge in [0.2, 0.25) is 0 Å². The van der Waals surface area contributed by atoms with Crippen LogP contribution >= 0.6 is 0 Å². The van der Waals surface area contributed by atoms with E-state index in [4.69, 9.17) is 4.12 Å². The molecule has 0 unspecified atom stereocenters. The van der Waals surface area contributed by atoms with Crippen molar-refractivity contribution < 1.29 is 4.12 Å². The highest BCUT2D eigenvalue weighted by molar-refractivity contribution is 6.34. The van der Waals surface area contributed by atoms with Gasteiger partial charge in [-0.25, -0.2) is 0 Å². The topological polar surface area (TPSA) is 9.23 Å². The Kier molecular flexibility index (Phi) is 22.8. The van der Waals surface area contributed by atoms with Crippen molar-refractivity contribution in [3.8, 4) is 0 Å². The van der Waals surface area contributed by atoms with Gasteiger partial charge in [0.25, 0.3) is 0 Å². The fourth-order valence-corrected chi connectivity index (χ4v) is 5.04. The fraction of sp³-hybridized carbons (Fsp3) is 1.00. The van der Waals surface area contributed by atoms with E-state index in [1.807, 2.05) is 0 Å². The minimum atomic E-state index is -0.0836. The summed E-state index contributed by atoms with van der Waals surface area (Å²) in [5.41, 5.74) is 0. The van der Waals surface area contributed by atoms with Crippen molar-refractivity contribution in [2.24, 2.45) is 0 Å². The maximum absolute atomic E-state index is 5.35. The lowest BCUT2D eigenvalue weighted by atomic mass is 10.0. The molecule has 0 aromatic rings. The maximum atomic E-state index is 5.35. The summed E-state index contributed by atoms with van der Waals surface area (Å²) >= 11 is 0. The van der Waals surface area contributed by atoms with Crippen LogP contribution in [0.25, 0.3) is 0 Å². The minimum absolute atomic E-state index is 0.0836. The fourth-order valence-electron chi connectivity index (χ4n) is 3.32. The Balaban J connectivity index is 2.92. The van der Waals surface area contributed by atoms with E-state index in [0.29, 0.717) is 0 Å². The third-order valence-corrected chi connectivity index (χ3v) is 7.37. The first-order valence-corrected chi connectivity index (χ1v) is 13.3. The monoisotopic (exact) mass is 358 g/mol. The second-order valence-corrected chi connectivity index (χ2v) is 10.8. The molecule has 0 radical (unpaired) electrons. The molecule has 0 spiro atoms. The van der Waals surface area contributed by atoms with Gasteiger partial charge in [0.15, 0.2) is 0 Å². The molecule has 0 fully saturated rings. The van der Waals surface area contributed by atoms with Gasteiger partial charge in [-0.3, -0.25) is 0 Å². The van der Waals surface area contributed by atoms with Crippen molar-refractivity contribution in [2.75, 3.05) is 0 Å². The number of hydrogen-bond donors (Lipinski definition) is 0. The molecule has 0 aromatic carbocycles. The zero-order valence-corrected chi connectivity index (χ0v) is 20.0. The zero-order valence-electron chi connectivity index (χ0n) is 16.6. The molecule has 0 aliphatic heterocycles. The molecule has 0 saturated heterocycles. The number of hydrogen-bond acceptors (Lipinski definition) is 1. The highest BCUT2D eigenvalue weighted by Gasteiger charge is 1.95. The number of unbranched alkanes of at least 4 members (excludes halogenated alkanes) is 17. The van der Waals surface area contributed by atoms with E-state index < -0.39 is 0 Å². The first-order chi connectivity index (χ1) is 11.4. The summed E-state index contributed by atoms with van der Waals surface area (Å²) in [5.74, 6) is 0. The average Bonchev–Trinajstić information content (AvgIpc) is 2.57. The SMILES string of the molecule is CCCCCCCCCCCCCCCCCCCC[SiH2]O[SiH3]. The van der Waals surface area contributed by atoms with Gasteiger partial charge < -0.3 is 4.12 Å². The Morgan fingerprint density at radius 2 is 0.826 bits per heavy atom. The molecule has 0 aliphatic rings. The van der Waals surface area contributed by atoms with Gasteiger partial charge in [0.05, 0.1) is 0 Å². The highest BCUT2D eigenvalue weighted by atomic mass is 28.3. The predicted molar refractivity (Wildman–Crippen MR) is 113 cm³/mol. The molecule has 0 atom stereocenters. The van der Waals surface area contributed by atoms with Crippen LogP contribution in [0.5, 0.6) is 0 Å². The van der Waals surface area contributed by atoms with Crippen LogP contribution in [0, 0.1) is 0 Å². The molecule has 0 aliphatic carbocycles. The molecule has 0 rings (SSSR count). The van der Waals surface area contributed by atoms with Crippen LogP contribution < -0.4 is 0 Å². The molecule has 140 valence electrons. The van der Waals surface area contributed by atoms with Gasteiger partial charge >= 0.3 is 0 Å². The third kappa shape index (κ3) is 22.4. The van der Waals surface area contributed by atoms with Crippen LogP contribution in [0.15, 0.2) is 0 Å². The van der Waals surface area contributed by atoms with Gasteiger partial charge in [-0.05, 0) is 6.04 Å². The summed E-state index contributed by atoms with van der Waals surface area (Å²) < 4.78 is 5.35. The Morgan fingerprint density at radius 3 is 1.13 bits per heavy atom.